The predicted molar refractivity (Wildman–Crippen MR) is 135 cm³/mol. The number of fused-ring (bicyclic) bond motifs is 1. The highest BCUT2D eigenvalue weighted by Gasteiger charge is 2.54. The predicted octanol–water partition coefficient (Wildman–Crippen LogP) is -0.351. The summed E-state index contributed by atoms with van der Waals surface area (Å²) in [6.45, 7) is 0.604. The molecule has 35 heavy (non-hydrogen) atoms. The van der Waals surface area contributed by atoms with Gasteiger partial charge in [-0.2, -0.15) is 0 Å². The van der Waals surface area contributed by atoms with Crippen LogP contribution in [0.4, 0.5) is 5.13 Å². The minimum atomic E-state index is -1.21. The van der Waals surface area contributed by atoms with Crippen molar-refractivity contribution >= 4 is 68.7 Å². The number of nitrogens with zero attached hydrogens (tertiary/aromatic N) is 5. The van der Waals surface area contributed by atoms with Crippen LogP contribution in [0.2, 0.25) is 0 Å². The Labute approximate surface area is 212 Å². The summed E-state index contributed by atoms with van der Waals surface area (Å²) in [6, 6.07) is -0.923. The molecule has 0 saturated carbocycles. The molecule has 0 aromatic carbocycles. The normalized spacial score (nSPS) is 22.2. The molecular formula is C19H22N8O5S3. The number of hydrogen-bond donors (Lipinski definition) is 4. The monoisotopic (exact) mass is 538 g/mol. The minimum absolute atomic E-state index is 0.0719. The van der Waals surface area contributed by atoms with Crippen molar-refractivity contribution in [1.82, 2.24) is 20.1 Å². The van der Waals surface area contributed by atoms with E-state index in [0.29, 0.717) is 34.6 Å². The molecule has 0 aliphatic carbocycles. The Kier molecular flexibility index (Phi) is 7.23. The Hall–Kier alpha value is -3.24. The van der Waals surface area contributed by atoms with E-state index in [1.54, 1.807) is 11.5 Å². The van der Waals surface area contributed by atoms with Gasteiger partial charge in [-0.15, -0.1) is 23.1 Å². The molecule has 16 heteroatoms. The van der Waals surface area contributed by atoms with Gasteiger partial charge in [0.15, 0.2) is 16.0 Å². The number of aliphatic carboxylic acids is 1. The summed E-state index contributed by atoms with van der Waals surface area (Å²) in [7, 11) is 3.14. The number of likely N-dealkylation sites (N-methyl/N-ethyl adjacent to an activating group) is 1. The molecular weight excluding hydrogens is 516 g/mol. The molecule has 1 aromatic rings. The van der Waals surface area contributed by atoms with Crippen molar-refractivity contribution in [3.63, 3.8) is 0 Å². The molecule has 1 saturated heterocycles. The van der Waals surface area contributed by atoms with E-state index in [2.05, 4.69) is 20.4 Å². The van der Waals surface area contributed by atoms with Gasteiger partial charge in [0.2, 0.25) is 0 Å². The van der Waals surface area contributed by atoms with Crippen molar-refractivity contribution < 1.29 is 24.3 Å². The molecule has 2 amide bonds. The Morgan fingerprint density at radius 2 is 2.20 bits per heavy atom. The zero-order chi connectivity index (χ0) is 25.3. The molecule has 3 aliphatic rings. The Balaban J connectivity index is 1.48. The van der Waals surface area contributed by atoms with Gasteiger partial charge >= 0.3 is 5.97 Å². The number of anilines is 1. The molecule has 186 valence electrons. The van der Waals surface area contributed by atoms with Crippen molar-refractivity contribution in [2.24, 2.45) is 15.9 Å². The molecule has 4 rings (SSSR count). The highest BCUT2D eigenvalue weighted by Crippen LogP contribution is 2.41. The maximum Gasteiger partial charge on any atom is 0.352 e. The number of nitrogens with one attached hydrogen (secondary N) is 1. The number of aliphatic imine (C=N–C) groups is 1. The number of aromatic nitrogens is 1. The molecule has 1 unspecified atom stereocenters. The Bertz CT molecular complexity index is 1190. The van der Waals surface area contributed by atoms with E-state index in [4.69, 9.17) is 16.3 Å². The summed E-state index contributed by atoms with van der Waals surface area (Å²) in [5.74, 6) is -1.30. The molecule has 0 radical (unpaired) electrons. The number of nitrogen functional groups attached to an aromatic ring is 1. The van der Waals surface area contributed by atoms with Gasteiger partial charge < -0.3 is 31.6 Å². The molecule has 0 spiro atoms. The fourth-order valence-electron chi connectivity index (χ4n) is 3.54. The van der Waals surface area contributed by atoms with E-state index in [-0.39, 0.29) is 22.2 Å². The Morgan fingerprint density at radius 3 is 2.86 bits per heavy atom. The third-order valence-corrected chi connectivity index (χ3v) is 8.37. The van der Waals surface area contributed by atoms with Crippen molar-refractivity contribution in [2.45, 2.75) is 11.4 Å². The van der Waals surface area contributed by atoms with Crippen molar-refractivity contribution in [2.75, 3.05) is 37.9 Å². The summed E-state index contributed by atoms with van der Waals surface area (Å²) in [6.07, 6.45) is 1.78. The molecule has 6 N–H and O–H groups in total. The van der Waals surface area contributed by atoms with Crippen LogP contribution in [0.3, 0.4) is 0 Å². The van der Waals surface area contributed by atoms with Gasteiger partial charge in [-0.25, -0.2) is 14.8 Å². The van der Waals surface area contributed by atoms with Crippen LogP contribution in [-0.4, -0.2) is 92.2 Å². The van der Waals surface area contributed by atoms with Gasteiger partial charge in [-0.1, -0.05) is 16.9 Å². The number of hydrogen-bond acceptors (Lipinski definition) is 13. The highest BCUT2D eigenvalue weighted by atomic mass is 32.2. The average Bonchev–Trinajstić information content (AvgIpc) is 3.26. The first-order valence-electron chi connectivity index (χ1n) is 10.1. The van der Waals surface area contributed by atoms with Gasteiger partial charge in [-0.05, 0) is 11.6 Å². The van der Waals surface area contributed by atoms with Crippen molar-refractivity contribution in [3.05, 3.63) is 34.2 Å². The first-order valence-corrected chi connectivity index (χ1v) is 13.0. The third kappa shape index (κ3) is 4.94. The molecule has 2 atom stereocenters. The number of amides is 2. The van der Waals surface area contributed by atoms with E-state index in [9.17, 15) is 19.5 Å². The second kappa shape index (κ2) is 10.2. The summed E-state index contributed by atoms with van der Waals surface area (Å²) in [5.41, 5.74) is 12.0. The number of thiazole rings is 1. The lowest BCUT2D eigenvalue weighted by Gasteiger charge is -2.49. The van der Waals surface area contributed by atoms with E-state index >= 15 is 0 Å². The van der Waals surface area contributed by atoms with Crippen LogP contribution in [0.15, 0.2) is 38.7 Å². The second-order valence-electron chi connectivity index (χ2n) is 7.50. The van der Waals surface area contributed by atoms with Crippen LogP contribution >= 0.6 is 34.9 Å². The number of thioether (sulfide) groups is 2. The SMILES string of the molecule is CO/N=C(\C(=O)NC1C(=O)N2C(C(=O)O)=C(CSC3=NC(N)=CCN3C)CS[C@@H]12)c1csc(N)n1. The van der Waals surface area contributed by atoms with Crippen LogP contribution < -0.4 is 16.8 Å². The van der Waals surface area contributed by atoms with Gasteiger partial charge in [-0.3, -0.25) is 14.5 Å². The molecule has 0 bridgehead atoms. The lowest BCUT2D eigenvalue weighted by Crippen LogP contribution is -2.71. The lowest BCUT2D eigenvalue weighted by molar-refractivity contribution is -0.150. The first kappa shape index (κ1) is 24.9. The number of oxime groups is 1. The number of carbonyl (C=O) groups excluding carboxylic acids is 2. The van der Waals surface area contributed by atoms with E-state index in [1.807, 2.05) is 11.9 Å². The second-order valence-corrected chi connectivity index (χ2v) is 10.4. The van der Waals surface area contributed by atoms with E-state index < -0.39 is 29.2 Å². The number of carboxylic acid groups (broad SMARTS) is 1. The molecule has 4 heterocycles. The fourth-order valence-corrected chi connectivity index (χ4v) is 6.57. The number of amidine groups is 1. The summed E-state index contributed by atoms with van der Waals surface area (Å²) in [5, 5.41) is 18.1. The first-order chi connectivity index (χ1) is 16.7. The van der Waals surface area contributed by atoms with Gasteiger partial charge in [0.1, 0.15) is 35.7 Å². The van der Waals surface area contributed by atoms with Crippen molar-refractivity contribution in [1.29, 1.82) is 0 Å². The Morgan fingerprint density at radius 1 is 1.43 bits per heavy atom. The molecule has 13 nitrogen and oxygen atoms in total. The maximum absolute atomic E-state index is 12.9. The fraction of sp³-hybridized carbons (Fsp3) is 0.368. The topological polar surface area (TPSA) is 189 Å². The number of β-lactam (4-membered cyclic amide) rings is 1. The standard InChI is InChI=1S/C19H22N8O5S3/c1-26-4-3-10(20)23-19(26)35-6-8-5-33-16-12(15(29)27(16)13(8)17(30)31)24-14(28)11(25-32-2)9-7-34-18(21)22-9/h3,7,12,16H,4-6,20H2,1-2H3,(H2,21,22)(H,24,28)(H,30,31)/b25-11-/t12?,16-/m0/s1. The van der Waals surface area contributed by atoms with Crippen LogP contribution in [-0.2, 0) is 19.2 Å². The van der Waals surface area contributed by atoms with Crippen LogP contribution in [0.1, 0.15) is 5.69 Å². The minimum Gasteiger partial charge on any atom is -0.477 e. The summed E-state index contributed by atoms with van der Waals surface area (Å²) in [4.78, 5) is 54.1. The number of nitrogens with two attached hydrogens (primary N) is 2. The lowest BCUT2D eigenvalue weighted by atomic mass is 10.0. The zero-order valence-corrected chi connectivity index (χ0v) is 21.1. The maximum atomic E-state index is 12.9. The van der Waals surface area contributed by atoms with Crippen LogP contribution in [0.5, 0.6) is 0 Å². The third-order valence-electron chi connectivity index (χ3n) is 5.20. The van der Waals surface area contributed by atoms with E-state index in [1.165, 1.54) is 35.5 Å². The van der Waals surface area contributed by atoms with Crippen molar-refractivity contribution in [3.8, 4) is 0 Å². The molecule has 1 fully saturated rings. The quantitative estimate of drug-likeness (QED) is 0.202. The number of carboxylic acids is 1. The van der Waals surface area contributed by atoms with Gasteiger partial charge in [0.25, 0.3) is 11.8 Å². The van der Waals surface area contributed by atoms with E-state index in [0.717, 1.165) is 11.3 Å². The number of rotatable bonds is 7. The zero-order valence-electron chi connectivity index (χ0n) is 18.6. The largest absolute Gasteiger partial charge is 0.477 e. The van der Waals surface area contributed by atoms with Gasteiger partial charge in [0.05, 0.1) is 0 Å². The van der Waals surface area contributed by atoms with Crippen LogP contribution in [0.25, 0.3) is 0 Å². The number of carbonyl (C=O) groups is 3. The molecule has 3 aliphatic heterocycles. The van der Waals surface area contributed by atoms with Crippen LogP contribution in [0, 0.1) is 0 Å². The average molecular weight is 539 g/mol. The smallest absolute Gasteiger partial charge is 0.352 e. The summed E-state index contributed by atoms with van der Waals surface area (Å²) >= 11 is 3.85. The summed E-state index contributed by atoms with van der Waals surface area (Å²) < 4.78 is 0. The highest BCUT2D eigenvalue weighted by molar-refractivity contribution is 8.14. The molecule has 1 aromatic heterocycles. The van der Waals surface area contributed by atoms with Gasteiger partial charge in [0, 0.05) is 30.5 Å².